The van der Waals surface area contributed by atoms with Crippen LogP contribution in [-0.4, -0.2) is 42.1 Å². The van der Waals surface area contributed by atoms with Crippen molar-refractivity contribution in [3.63, 3.8) is 0 Å². The van der Waals surface area contributed by atoms with Crippen LogP contribution >= 0.6 is 0 Å². The molecule has 0 spiro atoms. The van der Waals surface area contributed by atoms with Crippen LogP contribution in [0.2, 0.25) is 0 Å². The Balaban J connectivity index is 1.44. The first kappa shape index (κ1) is 17.7. The van der Waals surface area contributed by atoms with E-state index in [0.717, 1.165) is 51.0 Å². The van der Waals surface area contributed by atoms with E-state index in [1.54, 1.807) is 18.5 Å². The second-order valence-corrected chi connectivity index (χ2v) is 7.22. The molecule has 1 aromatic heterocycles. The van der Waals surface area contributed by atoms with Gasteiger partial charge in [0.25, 0.3) is 0 Å². The Morgan fingerprint density at radius 3 is 2.56 bits per heavy atom. The van der Waals surface area contributed by atoms with E-state index >= 15 is 0 Å². The van der Waals surface area contributed by atoms with Gasteiger partial charge in [-0.25, -0.2) is 14.4 Å². The molecule has 2 aliphatic heterocycles. The summed E-state index contributed by atoms with van der Waals surface area (Å²) in [4.78, 5) is 25.5. The van der Waals surface area contributed by atoms with Crippen molar-refractivity contribution in [1.29, 1.82) is 0 Å². The summed E-state index contributed by atoms with van der Waals surface area (Å²) in [5, 5.41) is 2.92. The summed E-state index contributed by atoms with van der Waals surface area (Å²) >= 11 is 0. The van der Waals surface area contributed by atoms with E-state index < -0.39 is 0 Å². The summed E-state index contributed by atoms with van der Waals surface area (Å²) < 4.78 is 14.1. The first-order chi connectivity index (χ1) is 13.2. The fourth-order valence-electron chi connectivity index (χ4n) is 3.88. The highest BCUT2D eigenvalue weighted by atomic mass is 19.1. The van der Waals surface area contributed by atoms with Crippen molar-refractivity contribution in [3.05, 3.63) is 42.5 Å². The van der Waals surface area contributed by atoms with Gasteiger partial charge in [0.15, 0.2) is 0 Å². The third-order valence-corrected chi connectivity index (χ3v) is 5.25. The van der Waals surface area contributed by atoms with Crippen LogP contribution in [0.1, 0.15) is 25.7 Å². The quantitative estimate of drug-likeness (QED) is 0.897. The van der Waals surface area contributed by atoms with Gasteiger partial charge in [-0.15, -0.1) is 0 Å². The Morgan fingerprint density at radius 2 is 1.78 bits per heavy atom. The van der Waals surface area contributed by atoms with Crippen molar-refractivity contribution in [2.24, 2.45) is 5.92 Å². The maximum atomic E-state index is 14.1. The number of anilines is 3. The van der Waals surface area contributed by atoms with Crippen molar-refractivity contribution in [2.75, 3.05) is 41.3 Å². The molecule has 0 aliphatic carbocycles. The lowest BCUT2D eigenvalue weighted by Gasteiger charge is -2.32. The minimum atomic E-state index is -0.322. The Morgan fingerprint density at radius 1 is 1.04 bits per heavy atom. The average molecular weight is 369 g/mol. The van der Waals surface area contributed by atoms with Crippen LogP contribution in [0.5, 0.6) is 0 Å². The second-order valence-electron chi connectivity index (χ2n) is 7.22. The Kier molecular flexibility index (Phi) is 5.18. The molecule has 4 rings (SSSR count). The number of nitrogens with one attached hydrogen (secondary N) is 1. The molecule has 0 unspecified atom stereocenters. The zero-order chi connectivity index (χ0) is 18.6. The van der Waals surface area contributed by atoms with Crippen LogP contribution in [-0.2, 0) is 4.79 Å². The number of nitrogens with zero attached hydrogens (tertiary/aromatic N) is 4. The summed E-state index contributed by atoms with van der Waals surface area (Å²) in [6, 6.07) is 6.57. The highest BCUT2D eigenvalue weighted by Crippen LogP contribution is 2.27. The fourth-order valence-corrected chi connectivity index (χ4v) is 3.88. The molecule has 3 heterocycles. The monoisotopic (exact) mass is 369 g/mol. The van der Waals surface area contributed by atoms with E-state index in [-0.39, 0.29) is 17.6 Å². The van der Waals surface area contributed by atoms with Crippen molar-refractivity contribution in [1.82, 2.24) is 9.97 Å². The summed E-state index contributed by atoms with van der Waals surface area (Å²) in [6.07, 6.45) is 7.37. The first-order valence-electron chi connectivity index (χ1n) is 9.57. The Labute approximate surface area is 158 Å². The topological polar surface area (TPSA) is 61.4 Å². The van der Waals surface area contributed by atoms with Crippen molar-refractivity contribution in [2.45, 2.75) is 25.7 Å². The van der Waals surface area contributed by atoms with Crippen LogP contribution in [0.15, 0.2) is 36.7 Å². The minimum Gasteiger partial charge on any atom is -0.371 e. The molecule has 2 saturated heterocycles. The number of carbonyl (C=O) groups is 1. The molecule has 6 nitrogen and oxygen atoms in total. The van der Waals surface area contributed by atoms with Crippen molar-refractivity contribution in [3.8, 4) is 0 Å². The molecule has 2 fully saturated rings. The lowest BCUT2D eigenvalue weighted by molar-refractivity contribution is -0.120. The molecule has 0 bridgehead atoms. The summed E-state index contributed by atoms with van der Waals surface area (Å²) in [5.41, 5.74) is 1.36. The van der Waals surface area contributed by atoms with Gasteiger partial charge >= 0.3 is 0 Å². The van der Waals surface area contributed by atoms with E-state index in [4.69, 9.17) is 0 Å². The molecule has 0 saturated carbocycles. The number of rotatable bonds is 4. The highest BCUT2D eigenvalue weighted by Gasteiger charge is 2.27. The molecule has 2 aliphatic rings. The zero-order valence-electron chi connectivity index (χ0n) is 15.3. The predicted octanol–water partition coefficient (Wildman–Crippen LogP) is 3.07. The predicted molar refractivity (Wildman–Crippen MR) is 103 cm³/mol. The van der Waals surface area contributed by atoms with Gasteiger partial charge in [0.1, 0.15) is 5.82 Å². The van der Waals surface area contributed by atoms with E-state index in [9.17, 15) is 9.18 Å². The van der Waals surface area contributed by atoms with Crippen LogP contribution in [0.25, 0.3) is 0 Å². The third-order valence-electron chi connectivity index (χ3n) is 5.25. The summed E-state index contributed by atoms with van der Waals surface area (Å²) in [5.74, 6) is 0.0874. The van der Waals surface area contributed by atoms with Crippen molar-refractivity contribution < 1.29 is 9.18 Å². The van der Waals surface area contributed by atoms with Crippen molar-refractivity contribution >= 4 is 23.2 Å². The zero-order valence-corrected chi connectivity index (χ0v) is 15.3. The lowest BCUT2D eigenvalue weighted by Crippen LogP contribution is -2.41. The van der Waals surface area contributed by atoms with Gasteiger partial charge in [-0.05, 0) is 49.9 Å². The van der Waals surface area contributed by atoms with Crippen LogP contribution < -0.4 is 15.1 Å². The molecule has 142 valence electrons. The van der Waals surface area contributed by atoms with Crippen LogP contribution in [0, 0.1) is 11.7 Å². The average Bonchev–Trinajstić information content (AvgIpc) is 3.23. The normalized spacial score (nSPS) is 20.0. The molecule has 7 heteroatoms. The summed E-state index contributed by atoms with van der Waals surface area (Å²) in [6.45, 7) is 3.29. The second kappa shape index (κ2) is 7.90. The number of hydrogen-bond donors (Lipinski definition) is 1. The molecule has 0 radical (unpaired) electrons. The molecular formula is C20H24FN5O. The number of hydrogen-bond acceptors (Lipinski definition) is 5. The summed E-state index contributed by atoms with van der Waals surface area (Å²) in [7, 11) is 0. The van der Waals surface area contributed by atoms with E-state index in [1.165, 1.54) is 12.1 Å². The van der Waals surface area contributed by atoms with Gasteiger partial charge in [-0.2, -0.15) is 0 Å². The van der Waals surface area contributed by atoms with E-state index in [0.29, 0.717) is 18.2 Å². The Hall–Kier alpha value is -2.70. The third kappa shape index (κ3) is 4.18. The molecule has 27 heavy (non-hydrogen) atoms. The van der Waals surface area contributed by atoms with Gasteiger partial charge in [0.05, 0.1) is 5.92 Å². The highest BCUT2D eigenvalue weighted by molar-refractivity contribution is 5.93. The maximum Gasteiger partial charge on any atom is 0.229 e. The molecular weight excluding hydrogens is 345 g/mol. The van der Waals surface area contributed by atoms with E-state index in [1.807, 2.05) is 11.0 Å². The van der Waals surface area contributed by atoms with Gasteiger partial charge in [0, 0.05) is 49.9 Å². The van der Waals surface area contributed by atoms with Crippen LogP contribution in [0.4, 0.5) is 21.7 Å². The van der Waals surface area contributed by atoms with Gasteiger partial charge in [-0.3, -0.25) is 4.79 Å². The van der Waals surface area contributed by atoms with Gasteiger partial charge in [0.2, 0.25) is 11.9 Å². The smallest absolute Gasteiger partial charge is 0.229 e. The SMILES string of the molecule is O=C(Nc1cc(F)cc(N2CCCC2)c1)[C@@H]1CCCN(c2ncccn2)C1. The minimum absolute atomic E-state index is 0.0754. The molecule has 1 atom stereocenters. The number of aromatic nitrogens is 2. The van der Waals surface area contributed by atoms with Gasteiger partial charge in [-0.1, -0.05) is 0 Å². The standard InChI is InChI=1S/C20H24FN5O/c21-16-11-17(13-18(12-16)25-8-1-2-9-25)24-19(27)15-5-3-10-26(14-15)20-22-6-4-7-23-20/h4,6-7,11-13,15H,1-3,5,8-10,14H2,(H,24,27)/t15-/m1/s1. The molecule has 2 aromatic rings. The lowest BCUT2D eigenvalue weighted by atomic mass is 9.97. The maximum absolute atomic E-state index is 14.1. The fraction of sp³-hybridized carbons (Fsp3) is 0.450. The van der Waals surface area contributed by atoms with E-state index in [2.05, 4.69) is 20.2 Å². The number of amides is 1. The Bertz CT molecular complexity index is 794. The van der Waals surface area contributed by atoms with Crippen LogP contribution in [0.3, 0.4) is 0 Å². The number of piperidine rings is 1. The molecule has 1 aromatic carbocycles. The largest absolute Gasteiger partial charge is 0.371 e. The number of carbonyl (C=O) groups excluding carboxylic acids is 1. The number of halogens is 1. The van der Waals surface area contributed by atoms with Gasteiger partial charge < -0.3 is 15.1 Å². The molecule has 1 amide bonds. The number of benzene rings is 1. The first-order valence-corrected chi connectivity index (χ1v) is 9.57. The molecule has 1 N–H and O–H groups in total.